The van der Waals surface area contributed by atoms with Crippen LogP contribution >= 0.6 is 0 Å². The van der Waals surface area contributed by atoms with Gasteiger partial charge in [-0.3, -0.25) is 4.79 Å². The van der Waals surface area contributed by atoms with Crippen LogP contribution in [0.1, 0.15) is 5.56 Å². The van der Waals surface area contributed by atoms with Crippen LogP contribution in [0, 0.1) is 0 Å². The highest BCUT2D eigenvalue weighted by molar-refractivity contribution is 6.32. The molecule has 10 nitrogen and oxygen atoms in total. The van der Waals surface area contributed by atoms with Crippen molar-refractivity contribution in [3.05, 3.63) is 23.8 Å². The number of carbonyl (C=O) groups is 4. The molecule has 1 atom stereocenters. The number of fused-ring (bicyclic) bond motifs is 1. The topological polar surface area (TPSA) is 118 Å². The Hall–Kier alpha value is -3.30. The highest BCUT2D eigenvalue weighted by Gasteiger charge is 2.34. The van der Waals surface area contributed by atoms with Crippen molar-refractivity contribution in [2.24, 2.45) is 0 Å². The van der Waals surface area contributed by atoms with Crippen molar-refractivity contribution in [3.8, 4) is 11.5 Å². The number of esters is 3. The lowest BCUT2D eigenvalue weighted by Gasteiger charge is -2.27. The van der Waals surface area contributed by atoms with E-state index in [9.17, 15) is 19.2 Å². The second-order valence-corrected chi connectivity index (χ2v) is 5.45. The first-order valence-corrected chi connectivity index (χ1v) is 7.85. The van der Waals surface area contributed by atoms with Crippen LogP contribution in [0.15, 0.2) is 18.2 Å². The summed E-state index contributed by atoms with van der Waals surface area (Å²) in [5, 5.41) is 0. The van der Waals surface area contributed by atoms with Gasteiger partial charge >= 0.3 is 23.8 Å². The van der Waals surface area contributed by atoms with Crippen molar-refractivity contribution < 1.29 is 42.9 Å². The van der Waals surface area contributed by atoms with Gasteiger partial charge in [0.25, 0.3) is 0 Å². The van der Waals surface area contributed by atoms with E-state index in [2.05, 4.69) is 9.47 Å². The highest BCUT2D eigenvalue weighted by Crippen LogP contribution is 2.29. The zero-order chi connectivity index (χ0) is 20.0. The van der Waals surface area contributed by atoms with Crippen molar-refractivity contribution in [1.29, 1.82) is 0 Å². The molecule has 0 spiro atoms. The second-order valence-electron chi connectivity index (χ2n) is 5.45. The van der Waals surface area contributed by atoms with Gasteiger partial charge in [-0.2, -0.15) is 0 Å². The Labute approximate surface area is 154 Å². The molecule has 2 rings (SSSR count). The third kappa shape index (κ3) is 4.66. The maximum Gasteiger partial charge on any atom is 0.417 e. The summed E-state index contributed by atoms with van der Waals surface area (Å²) >= 11 is 0. The Kier molecular flexibility index (Phi) is 6.58. The fourth-order valence-corrected chi connectivity index (χ4v) is 2.43. The van der Waals surface area contributed by atoms with Crippen LogP contribution in [0.5, 0.6) is 11.5 Å². The van der Waals surface area contributed by atoms with Crippen LogP contribution in [-0.2, 0) is 39.9 Å². The summed E-state index contributed by atoms with van der Waals surface area (Å²) in [6.07, 6.45) is 0. The molecule has 0 aliphatic carbocycles. The Morgan fingerprint density at radius 3 is 2.41 bits per heavy atom. The summed E-state index contributed by atoms with van der Waals surface area (Å²) < 4.78 is 24.4. The Morgan fingerprint density at radius 2 is 1.78 bits per heavy atom. The van der Waals surface area contributed by atoms with Crippen LogP contribution in [0.3, 0.4) is 0 Å². The second kappa shape index (κ2) is 8.88. The number of ether oxygens (including phenoxy) is 5. The van der Waals surface area contributed by atoms with E-state index in [4.69, 9.17) is 14.2 Å². The van der Waals surface area contributed by atoms with E-state index >= 15 is 0 Å². The van der Waals surface area contributed by atoms with Crippen molar-refractivity contribution >= 4 is 23.8 Å². The average Bonchev–Trinajstić information content (AvgIpc) is 2.88. The van der Waals surface area contributed by atoms with Gasteiger partial charge in [-0.15, -0.1) is 0 Å². The van der Waals surface area contributed by atoms with Gasteiger partial charge in [0, 0.05) is 5.56 Å². The van der Waals surface area contributed by atoms with Crippen LogP contribution < -0.4 is 9.47 Å². The van der Waals surface area contributed by atoms with E-state index in [-0.39, 0.29) is 19.8 Å². The van der Waals surface area contributed by atoms with Crippen molar-refractivity contribution in [3.63, 3.8) is 0 Å². The quantitative estimate of drug-likeness (QED) is 0.394. The summed E-state index contributed by atoms with van der Waals surface area (Å²) in [6.45, 7) is -0.459. The molecule has 0 fully saturated rings. The van der Waals surface area contributed by atoms with Gasteiger partial charge in [-0.05, 0) is 18.2 Å². The Bertz CT molecular complexity index is 746. The zero-order valence-corrected chi connectivity index (χ0v) is 15.1. The molecule has 0 radical (unpaired) electrons. The Balaban J connectivity index is 2.26. The molecule has 1 aromatic carbocycles. The minimum Gasteiger partial charge on any atom is -0.497 e. The first-order valence-electron chi connectivity index (χ1n) is 7.85. The van der Waals surface area contributed by atoms with E-state index in [1.165, 1.54) is 7.11 Å². The van der Waals surface area contributed by atoms with Gasteiger partial charge in [0.15, 0.2) is 0 Å². The maximum absolute atomic E-state index is 12.4. The molecular weight excluding hydrogens is 362 g/mol. The molecule has 0 saturated carbocycles. The third-order valence-corrected chi connectivity index (χ3v) is 3.86. The molecule has 0 aromatic heterocycles. The smallest absolute Gasteiger partial charge is 0.417 e. The summed E-state index contributed by atoms with van der Waals surface area (Å²) in [5.74, 6) is -3.38. The molecule has 27 heavy (non-hydrogen) atoms. The fraction of sp³-hybridized carbons (Fsp3) is 0.412. The van der Waals surface area contributed by atoms with Gasteiger partial charge in [0.1, 0.15) is 30.8 Å². The Morgan fingerprint density at radius 1 is 1.07 bits per heavy atom. The molecule has 1 amide bonds. The minimum atomic E-state index is -1.22. The van der Waals surface area contributed by atoms with Crippen LogP contribution in [0.2, 0.25) is 0 Å². The molecule has 0 bridgehead atoms. The van der Waals surface area contributed by atoms with Crippen LogP contribution in [0.4, 0.5) is 0 Å². The maximum atomic E-state index is 12.4. The van der Waals surface area contributed by atoms with Gasteiger partial charge in [0.2, 0.25) is 0 Å². The average molecular weight is 381 g/mol. The SMILES string of the molecule is COC(=O)C(=O)OCC1COc2ccc(OC)cc2CN1C(=O)C(=O)OC. The lowest BCUT2D eigenvalue weighted by molar-refractivity contribution is -0.168. The summed E-state index contributed by atoms with van der Waals surface area (Å²) in [6, 6.07) is 4.18. The predicted octanol–water partition coefficient (Wildman–Crippen LogP) is -0.326. The van der Waals surface area contributed by atoms with Gasteiger partial charge in [0.05, 0.1) is 27.9 Å². The lowest BCUT2D eigenvalue weighted by atomic mass is 10.1. The standard InChI is InChI=1S/C17H19NO9/c1-23-12-4-5-13-10(6-12)7-18(14(19)15(20)24-2)11(8-26-13)9-27-17(22)16(21)25-3/h4-6,11H,7-9H2,1-3H3. The molecule has 1 aliphatic heterocycles. The largest absolute Gasteiger partial charge is 0.497 e. The van der Waals surface area contributed by atoms with Gasteiger partial charge in [-0.25, -0.2) is 14.4 Å². The number of amides is 1. The van der Waals surface area contributed by atoms with E-state index in [1.54, 1.807) is 18.2 Å². The monoisotopic (exact) mass is 381 g/mol. The summed E-state index contributed by atoms with van der Waals surface area (Å²) in [4.78, 5) is 48.0. The highest BCUT2D eigenvalue weighted by atomic mass is 16.6. The van der Waals surface area contributed by atoms with Crippen molar-refractivity contribution in [2.45, 2.75) is 12.6 Å². The zero-order valence-electron chi connectivity index (χ0n) is 15.1. The predicted molar refractivity (Wildman–Crippen MR) is 87.8 cm³/mol. The normalized spacial score (nSPS) is 15.5. The molecule has 1 aliphatic rings. The van der Waals surface area contributed by atoms with E-state index < -0.39 is 29.9 Å². The van der Waals surface area contributed by atoms with E-state index in [0.29, 0.717) is 17.1 Å². The first kappa shape index (κ1) is 20.0. The fourth-order valence-electron chi connectivity index (χ4n) is 2.43. The van der Waals surface area contributed by atoms with E-state index in [1.807, 2.05) is 0 Å². The van der Waals surface area contributed by atoms with Crippen molar-refractivity contribution in [1.82, 2.24) is 4.90 Å². The minimum absolute atomic E-state index is 0.0130. The molecule has 1 aromatic rings. The molecule has 146 valence electrons. The lowest BCUT2D eigenvalue weighted by Crippen LogP contribution is -2.48. The number of carbonyl (C=O) groups excluding carboxylic acids is 4. The molecule has 10 heteroatoms. The van der Waals surface area contributed by atoms with Gasteiger partial charge < -0.3 is 28.6 Å². The van der Waals surface area contributed by atoms with Crippen LogP contribution in [-0.4, -0.2) is 69.3 Å². The summed E-state index contributed by atoms with van der Waals surface area (Å²) in [5.41, 5.74) is 0.591. The number of benzene rings is 1. The number of nitrogens with zero attached hydrogens (tertiary/aromatic N) is 1. The molecular formula is C17H19NO9. The van der Waals surface area contributed by atoms with Crippen molar-refractivity contribution in [2.75, 3.05) is 34.5 Å². The summed E-state index contributed by atoms with van der Waals surface area (Å²) in [7, 11) is 3.61. The van der Waals surface area contributed by atoms with Crippen LogP contribution in [0.25, 0.3) is 0 Å². The van der Waals surface area contributed by atoms with Gasteiger partial charge in [-0.1, -0.05) is 0 Å². The number of methoxy groups -OCH3 is 3. The number of rotatable bonds is 3. The van der Waals surface area contributed by atoms with E-state index in [0.717, 1.165) is 19.1 Å². The molecule has 0 saturated heterocycles. The number of hydrogen-bond acceptors (Lipinski definition) is 9. The molecule has 1 unspecified atom stereocenters. The first-order chi connectivity index (χ1) is 12.9. The third-order valence-electron chi connectivity index (χ3n) is 3.86. The number of hydrogen-bond donors (Lipinski definition) is 0. The molecule has 1 heterocycles. The molecule has 0 N–H and O–H groups in total.